The number of anilines is 2. The number of benzene rings is 2. The van der Waals surface area contributed by atoms with E-state index in [1.807, 2.05) is 0 Å². The van der Waals surface area contributed by atoms with Crippen molar-refractivity contribution in [3.63, 3.8) is 0 Å². The van der Waals surface area contributed by atoms with Gasteiger partial charge in [0, 0.05) is 49.3 Å². The number of furan rings is 1. The molecule has 0 unspecified atom stereocenters. The molecule has 0 saturated heterocycles. The summed E-state index contributed by atoms with van der Waals surface area (Å²) in [7, 11) is 0. The van der Waals surface area contributed by atoms with Gasteiger partial charge in [-0.25, -0.2) is 9.59 Å². The lowest BCUT2D eigenvalue weighted by Crippen LogP contribution is -2.36. The summed E-state index contributed by atoms with van der Waals surface area (Å²) in [6.07, 6.45) is -2.49. The summed E-state index contributed by atoms with van der Waals surface area (Å²) in [4.78, 5) is 38.1. The fourth-order valence-corrected chi connectivity index (χ4v) is 3.50. The molecule has 2 amide bonds. The van der Waals surface area contributed by atoms with Gasteiger partial charge in [-0.3, -0.25) is 14.6 Å². The molecule has 0 atom stereocenters. The Hall–Kier alpha value is -3.63. The van der Waals surface area contributed by atoms with Gasteiger partial charge >= 0.3 is 12.2 Å². The summed E-state index contributed by atoms with van der Waals surface area (Å²) >= 11 is 0. The lowest BCUT2D eigenvalue weighted by Gasteiger charge is -2.25. The van der Waals surface area contributed by atoms with Crippen molar-refractivity contribution >= 4 is 51.1 Å². The van der Waals surface area contributed by atoms with E-state index >= 15 is 0 Å². The molecular formula is C20H22N4O6. The average molecular weight is 414 g/mol. The molecule has 1 heterocycles. The first-order valence-corrected chi connectivity index (χ1v) is 9.22. The Morgan fingerprint density at radius 1 is 0.900 bits per heavy atom. The van der Waals surface area contributed by atoms with Crippen LogP contribution in [0.1, 0.15) is 17.5 Å². The lowest BCUT2D eigenvalue weighted by atomic mass is 10.0. The molecule has 0 radical (unpaired) electrons. The third-order valence-electron chi connectivity index (χ3n) is 4.69. The summed E-state index contributed by atoms with van der Waals surface area (Å²) in [5, 5.41) is 20.8. The van der Waals surface area contributed by atoms with Gasteiger partial charge in [0.25, 0.3) is 0 Å². The van der Waals surface area contributed by atoms with Crippen LogP contribution in [-0.4, -0.2) is 54.4 Å². The van der Waals surface area contributed by atoms with Gasteiger partial charge in [0.1, 0.15) is 0 Å². The molecule has 3 aromatic rings. The molecule has 10 heteroatoms. The first kappa shape index (κ1) is 21.1. The van der Waals surface area contributed by atoms with E-state index in [0.29, 0.717) is 16.2 Å². The highest BCUT2D eigenvalue weighted by atomic mass is 16.4. The third-order valence-corrected chi connectivity index (χ3v) is 4.69. The number of carbonyl (C=O) groups excluding carboxylic acids is 1. The largest absolute Gasteiger partial charge is 0.465 e. The van der Waals surface area contributed by atoms with E-state index in [0.717, 1.165) is 9.80 Å². The normalized spacial score (nSPS) is 11.0. The van der Waals surface area contributed by atoms with Crippen molar-refractivity contribution in [1.82, 2.24) is 0 Å². The second-order valence-electron chi connectivity index (χ2n) is 6.60. The first-order valence-electron chi connectivity index (χ1n) is 9.22. The van der Waals surface area contributed by atoms with Crippen molar-refractivity contribution in [2.75, 3.05) is 36.0 Å². The number of amides is 2. The second-order valence-corrected chi connectivity index (χ2v) is 6.60. The zero-order valence-corrected chi connectivity index (χ0v) is 16.3. The summed E-state index contributed by atoms with van der Waals surface area (Å²) < 4.78 is 5.75. The van der Waals surface area contributed by atoms with Gasteiger partial charge in [-0.05, 0) is 6.07 Å². The Bertz CT molecular complexity index is 1060. The SMILES string of the molecule is CC(=O)c1cc2c(N(CCN)C(=O)O)c3ccccc3c(N(CCN)C(=O)O)c2o1. The maximum atomic E-state index is 12.0. The van der Waals surface area contributed by atoms with Crippen LogP contribution in [0.25, 0.3) is 21.7 Å². The third kappa shape index (κ3) is 3.53. The molecule has 10 nitrogen and oxygen atoms in total. The standard InChI is InChI=1S/C20H22N4O6/c1-11(25)15-10-14-16(23(8-6-21)19(26)27)12-4-2-3-5-13(12)17(18(14)30-15)24(9-7-22)20(28)29/h2-5,10H,6-9,21-22H2,1H3,(H,26,27)(H,28,29). The Kier molecular flexibility index (Phi) is 5.90. The number of nitrogens with two attached hydrogens (primary N) is 2. The molecule has 0 saturated carbocycles. The minimum absolute atomic E-state index is 0.000195. The Morgan fingerprint density at radius 2 is 1.40 bits per heavy atom. The summed E-state index contributed by atoms with van der Waals surface area (Å²) in [5.41, 5.74) is 11.8. The van der Waals surface area contributed by atoms with Crippen molar-refractivity contribution in [3.8, 4) is 0 Å². The Morgan fingerprint density at radius 3 is 1.87 bits per heavy atom. The number of hydrogen-bond donors (Lipinski definition) is 4. The molecule has 30 heavy (non-hydrogen) atoms. The van der Waals surface area contributed by atoms with Gasteiger partial charge in [-0.15, -0.1) is 0 Å². The highest BCUT2D eigenvalue weighted by Gasteiger charge is 2.29. The molecule has 0 aliphatic carbocycles. The maximum Gasteiger partial charge on any atom is 0.412 e. The van der Waals surface area contributed by atoms with E-state index in [4.69, 9.17) is 15.9 Å². The van der Waals surface area contributed by atoms with Crippen LogP contribution in [0.5, 0.6) is 0 Å². The molecule has 1 aromatic heterocycles. The predicted molar refractivity (Wildman–Crippen MR) is 113 cm³/mol. The minimum Gasteiger partial charge on any atom is -0.465 e. The molecular weight excluding hydrogens is 392 g/mol. The van der Waals surface area contributed by atoms with Gasteiger partial charge in [0.15, 0.2) is 17.1 Å². The van der Waals surface area contributed by atoms with Crippen LogP contribution in [0.15, 0.2) is 34.7 Å². The minimum atomic E-state index is -1.25. The summed E-state index contributed by atoms with van der Waals surface area (Å²) in [6, 6.07) is 8.19. The predicted octanol–water partition coefficient (Wildman–Crippen LogP) is 2.67. The Balaban J connectivity index is 2.54. The van der Waals surface area contributed by atoms with Crippen molar-refractivity contribution in [2.24, 2.45) is 11.5 Å². The van der Waals surface area contributed by atoms with Gasteiger partial charge in [0.05, 0.1) is 11.4 Å². The number of carboxylic acid groups (broad SMARTS) is 2. The van der Waals surface area contributed by atoms with Crippen LogP contribution < -0.4 is 21.3 Å². The highest BCUT2D eigenvalue weighted by molar-refractivity contribution is 6.23. The summed E-state index contributed by atoms with van der Waals surface area (Å²) in [5.74, 6) is -0.396. The van der Waals surface area contributed by atoms with Gasteiger partial charge in [-0.1, -0.05) is 24.3 Å². The molecule has 0 bridgehead atoms. The monoisotopic (exact) mass is 414 g/mol. The van der Waals surface area contributed by atoms with E-state index in [-0.39, 0.29) is 54.7 Å². The van der Waals surface area contributed by atoms with Crippen molar-refractivity contribution in [1.29, 1.82) is 0 Å². The molecule has 158 valence electrons. The van der Waals surface area contributed by atoms with Gasteiger partial charge in [0.2, 0.25) is 0 Å². The molecule has 6 N–H and O–H groups in total. The number of Topliss-reactive ketones (excluding diaryl/α,β-unsaturated/α-hetero) is 1. The fourth-order valence-electron chi connectivity index (χ4n) is 3.50. The van der Waals surface area contributed by atoms with E-state index in [2.05, 4.69) is 0 Å². The van der Waals surface area contributed by atoms with Gasteiger partial charge < -0.3 is 26.1 Å². The smallest absolute Gasteiger partial charge is 0.412 e. The van der Waals surface area contributed by atoms with Crippen LogP contribution in [-0.2, 0) is 0 Å². The van der Waals surface area contributed by atoms with Crippen molar-refractivity contribution in [2.45, 2.75) is 6.92 Å². The zero-order valence-electron chi connectivity index (χ0n) is 16.3. The molecule has 2 aromatic carbocycles. The van der Waals surface area contributed by atoms with E-state index in [9.17, 15) is 24.6 Å². The zero-order chi connectivity index (χ0) is 22.0. The van der Waals surface area contributed by atoms with Crippen LogP contribution in [0.3, 0.4) is 0 Å². The molecule has 0 spiro atoms. The molecule has 0 aliphatic rings. The van der Waals surface area contributed by atoms with E-state index < -0.39 is 12.2 Å². The van der Waals surface area contributed by atoms with Crippen molar-refractivity contribution in [3.05, 3.63) is 36.1 Å². The van der Waals surface area contributed by atoms with Gasteiger partial charge in [-0.2, -0.15) is 0 Å². The van der Waals surface area contributed by atoms with Crippen LogP contribution >= 0.6 is 0 Å². The first-order chi connectivity index (χ1) is 14.3. The number of nitrogens with zero attached hydrogens (tertiary/aromatic N) is 2. The summed E-state index contributed by atoms with van der Waals surface area (Å²) in [6.45, 7) is 1.41. The number of ketones is 1. The number of fused-ring (bicyclic) bond motifs is 2. The molecule has 0 fully saturated rings. The number of carbonyl (C=O) groups is 3. The van der Waals surface area contributed by atoms with Crippen LogP contribution in [0, 0.1) is 0 Å². The molecule has 3 rings (SSSR count). The quantitative estimate of drug-likeness (QED) is 0.338. The van der Waals surface area contributed by atoms with Crippen molar-refractivity contribution < 1.29 is 29.0 Å². The number of hydrogen-bond acceptors (Lipinski definition) is 6. The van der Waals surface area contributed by atoms with E-state index in [1.165, 1.54) is 13.0 Å². The topological polar surface area (TPSA) is 163 Å². The average Bonchev–Trinajstić information content (AvgIpc) is 3.14. The molecule has 0 aliphatic heterocycles. The van der Waals surface area contributed by atoms with Crippen LogP contribution in [0.2, 0.25) is 0 Å². The second kappa shape index (κ2) is 8.39. The maximum absolute atomic E-state index is 12.0. The Labute approximate surface area is 171 Å². The lowest BCUT2D eigenvalue weighted by molar-refractivity contribution is 0.0989. The highest BCUT2D eigenvalue weighted by Crippen LogP contribution is 2.44. The number of rotatable bonds is 7. The fraction of sp³-hybridized carbons (Fsp3) is 0.250. The van der Waals surface area contributed by atoms with Crippen LogP contribution in [0.4, 0.5) is 21.0 Å². The van der Waals surface area contributed by atoms with E-state index in [1.54, 1.807) is 24.3 Å².